The predicted molar refractivity (Wildman–Crippen MR) is 184 cm³/mol. The average molecular weight is 634 g/mol. The van der Waals surface area contributed by atoms with Gasteiger partial charge in [0.15, 0.2) is 0 Å². The second kappa shape index (κ2) is 13.7. The van der Waals surface area contributed by atoms with Gasteiger partial charge < -0.3 is 9.80 Å². The van der Waals surface area contributed by atoms with Crippen LogP contribution in [0.15, 0.2) is 60.9 Å². The zero-order valence-corrected chi connectivity index (χ0v) is 26.9. The quantitative estimate of drug-likeness (QED) is 0.278. The fourth-order valence-electron chi connectivity index (χ4n) is 6.99. The Morgan fingerprint density at radius 3 is 1.16 bits per heavy atom. The van der Waals surface area contributed by atoms with E-state index in [0.717, 1.165) is 86.5 Å². The van der Waals surface area contributed by atoms with Gasteiger partial charge in [-0.2, -0.15) is 0 Å². The molecule has 3 fully saturated rings. The Balaban J connectivity index is 0.800. The normalized spacial score (nSPS) is 19.8. The predicted octanol–water partition coefficient (Wildman–Crippen LogP) is 4.65. The van der Waals surface area contributed by atoms with Crippen LogP contribution in [0.3, 0.4) is 0 Å². The van der Waals surface area contributed by atoms with E-state index in [9.17, 15) is 0 Å². The van der Waals surface area contributed by atoms with Gasteiger partial charge in [0.1, 0.15) is 0 Å². The van der Waals surface area contributed by atoms with Crippen molar-refractivity contribution in [1.29, 1.82) is 0 Å². The molecule has 0 radical (unpaired) electrons. The number of fused-ring (bicyclic) bond motifs is 2. The number of halogens is 2. The number of piperazine rings is 3. The minimum absolute atomic E-state index is 0.740. The van der Waals surface area contributed by atoms with Crippen molar-refractivity contribution in [2.75, 3.05) is 115 Å². The van der Waals surface area contributed by atoms with Crippen LogP contribution in [0.2, 0.25) is 10.0 Å². The van der Waals surface area contributed by atoms with E-state index in [0.29, 0.717) is 0 Å². The van der Waals surface area contributed by atoms with E-state index >= 15 is 0 Å². The van der Waals surface area contributed by atoms with Crippen LogP contribution in [0.25, 0.3) is 21.8 Å². The summed E-state index contributed by atoms with van der Waals surface area (Å²) in [5, 5.41) is 3.86. The largest absolute Gasteiger partial charge is 0.368 e. The standard InChI is InChI=1S/C34H42Cl2N8/c35-27-1-3-29-31(25-27)37-7-5-33(29)43-21-17-41(18-22-43)15-13-39-9-11-40(12-10-39)14-16-42-19-23-44(24-20-42)34-6-8-38-32-26-28(36)2-4-30(32)34/h1-8,25-26H,9-24H2. The van der Waals surface area contributed by atoms with Gasteiger partial charge in [0.05, 0.1) is 11.0 Å². The van der Waals surface area contributed by atoms with Crippen LogP contribution in [-0.4, -0.2) is 134 Å². The van der Waals surface area contributed by atoms with Crippen LogP contribution in [0, 0.1) is 0 Å². The van der Waals surface area contributed by atoms with E-state index < -0.39 is 0 Å². The second-order valence-electron chi connectivity index (χ2n) is 12.3. The van der Waals surface area contributed by atoms with Gasteiger partial charge in [-0.3, -0.25) is 29.6 Å². The van der Waals surface area contributed by atoms with Crippen LogP contribution in [-0.2, 0) is 0 Å². The highest BCUT2D eigenvalue weighted by Crippen LogP contribution is 2.29. The lowest BCUT2D eigenvalue weighted by Crippen LogP contribution is -2.53. The molecule has 3 aliphatic rings. The number of aromatic nitrogens is 2. The molecular formula is C34H42Cl2N8. The van der Waals surface area contributed by atoms with Crippen molar-refractivity contribution in [3.05, 3.63) is 71.0 Å². The summed E-state index contributed by atoms with van der Waals surface area (Å²) in [4.78, 5) is 24.6. The van der Waals surface area contributed by atoms with Crippen LogP contribution >= 0.6 is 23.2 Å². The first-order chi connectivity index (χ1) is 21.6. The molecule has 44 heavy (non-hydrogen) atoms. The maximum Gasteiger partial charge on any atom is 0.0737 e. The Bertz CT molecular complexity index is 1440. The number of nitrogens with zero attached hydrogens (tertiary/aromatic N) is 8. The van der Waals surface area contributed by atoms with Crippen molar-refractivity contribution in [1.82, 2.24) is 29.6 Å². The molecule has 0 amide bonds. The lowest BCUT2D eigenvalue weighted by molar-refractivity contribution is 0.106. The highest BCUT2D eigenvalue weighted by molar-refractivity contribution is 6.31. The first kappa shape index (κ1) is 30.0. The zero-order chi connectivity index (χ0) is 29.9. The highest BCUT2D eigenvalue weighted by atomic mass is 35.5. The van der Waals surface area contributed by atoms with Gasteiger partial charge in [0.25, 0.3) is 0 Å². The maximum absolute atomic E-state index is 6.20. The molecule has 3 aliphatic heterocycles. The van der Waals surface area contributed by atoms with Gasteiger partial charge in [-0.05, 0) is 48.5 Å². The summed E-state index contributed by atoms with van der Waals surface area (Å²) >= 11 is 12.4. The van der Waals surface area contributed by atoms with Crippen molar-refractivity contribution in [2.45, 2.75) is 0 Å². The third kappa shape index (κ3) is 6.91. The van der Waals surface area contributed by atoms with Crippen LogP contribution in [0.4, 0.5) is 11.4 Å². The van der Waals surface area contributed by atoms with Crippen molar-refractivity contribution >= 4 is 56.4 Å². The molecule has 5 heterocycles. The highest BCUT2D eigenvalue weighted by Gasteiger charge is 2.23. The molecule has 0 N–H and O–H groups in total. The summed E-state index contributed by atoms with van der Waals surface area (Å²) in [6, 6.07) is 16.4. The van der Waals surface area contributed by atoms with Gasteiger partial charge in [-0.25, -0.2) is 0 Å². The molecule has 0 atom stereocenters. The Labute approximate surface area is 270 Å². The third-order valence-corrected chi connectivity index (χ3v) is 10.2. The Kier molecular flexibility index (Phi) is 9.35. The minimum Gasteiger partial charge on any atom is -0.368 e. The van der Waals surface area contributed by atoms with E-state index in [4.69, 9.17) is 23.2 Å². The Hall–Kier alpha value is -2.72. The van der Waals surface area contributed by atoms with Gasteiger partial charge >= 0.3 is 0 Å². The van der Waals surface area contributed by atoms with Crippen molar-refractivity contribution < 1.29 is 0 Å². The molecule has 0 bridgehead atoms. The third-order valence-electron chi connectivity index (χ3n) is 9.72. The summed E-state index contributed by atoms with van der Waals surface area (Å²) < 4.78 is 0. The van der Waals surface area contributed by atoms with Gasteiger partial charge in [-0.15, -0.1) is 0 Å². The SMILES string of the molecule is Clc1ccc2c(N3CCN(CCN4CCN(CCN5CCN(c6ccnc7cc(Cl)ccc67)CC5)CC4)CC3)ccnc2c1. The molecule has 0 saturated carbocycles. The van der Waals surface area contributed by atoms with Crippen molar-refractivity contribution in [2.24, 2.45) is 0 Å². The number of benzene rings is 2. The summed E-state index contributed by atoms with van der Waals surface area (Å²) in [6.07, 6.45) is 3.81. The van der Waals surface area contributed by atoms with E-state index in [-0.39, 0.29) is 0 Å². The molecule has 0 aliphatic carbocycles. The smallest absolute Gasteiger partial charge is 0.0737 e. The molecule has 8 nitrogen and oxygen atoms in total. The van der Waals surface area contributed by atoms with E-state index in [1.807, 2.05) is 36.7 Å². The number of rotatable bonds is 8. The molecule has 2 aromatic carbocycles. The van der Waals surface area contributed by atoms with Crippen LogP contribution in [0.5, 0.6) is 0 Å². The van der Waals surface area contributed by atoms with E-state index in [2.05, 4.69) is 63.6 Å². The number of pyridine rings is 2. The molecule has 0 spiro atoms. The van der Waals surface area contributed by atoms with Gasteiger partial charge in [0, 0.05) is 149 Å². The molecule has 4 aromatic rings. The molecule has 7 rings (SSSR count). The molecule has 2 aromatic heterocycles. The summed E-state index contributed by atoms with van der Waals surface area (Å²) in [5.74, 6) is 0. The molecule has 0 unspecified atom stereocenters. The monoisotopic (exact) mass is 632 g/mol. The molecule has 10 heteroatoms. The van der Waals surface area contributed by atoms with Crippen LogP contribution < -0.4 is 9.80 Å². The summed E-state index contributed by atoms with van der Waals surface area (Å²) in [5.41, 5.74) is 4.50. The number of hydrogen-bond acceptors (Lipinski definition) is 8. The first-order valence-electron chi connectivity index (χ1n) is 16.1. The van der Waals surface area contributed by atoms with Crippen molar-refractivity contribution in [3.8, 4) is 0 Å². The minimum atomic E-state index is 0.740. The zero-order valence-electron chi connectivity index (χ0n) is 25.4. The Morgan fingerprint density at radius 2 is 0.795 bits per heavy atom. The topological polar surface area (TPSA) is 45.2 Å². The molecule has 3 saturated heterocycles. The van der Waals surface area contributed by atoms with Crippen LogP contribution in [0.1, 0.15) is 0 Å². The van der Waals surface area contributed by atoms with Gasteiger partial charge in [0.2, 0.25) is 0 Å². The lowest BCUT2D eigenvalue weighted by atomic mass is 10.1. The van der Waals surface area contributed by atoms with E-state index in [1.165, 1.54) is 61.4 Å². The maximum atomic E-state index is 6.20. The van der Waals surface area contributed by atoms with E-state index in [1.54, 1.807) is 0 Å². The summed E-state index contributed by atoms with van der Waals surface area (Å²) in [6.45, 7) is 18.0. The fourth-order valence-corrected chi connectivity index (χ4v) is 7.32. The Morgan fingerprint density at radius 1 is 0.455 bits per heavy atom. The molecular weight excluding hydrogens is 591 g/mol. The number of hydrogen-bond donors (Lipinski definition) is 0. The molecule has 232 valence electrons. The lowest BCUT2D eigenvalue weighted by Gasteiger charge is -2.40. The fraction of sp³-hybridized carbons (Fsp3) is 0.471. The van der Waals surface area contributed by atoms with Gasteiger partial charge in [-0.1, -0.05) is 23.2 Å². The van der Waals surface area contributed by atoms with Crippen molar-refractivity contribution in [3.63, 3.8) is 0 Å². The summed E-state index contributed by atoms with van der Waals surface area (Å²) in [7, 11) is 0. The second-order valence-corrected chi connectivity index (χ2v) is 13.2. The number of anilines is 2. The average Bonchev–Trinajstić information content (AvgIpc) is 3.06. The first-order valence-corrected chi connectivity index (χ1v) is 16.8.